The molecule has 3 rings (SSSR count). The molecule has 0 spiro atoms. The smallest absolute Gasteiger partial charge is 0.316 e. The van der Waals surface area contributed by atoms with Crippen LogP contribution in [0.4, 0.5) is 10.5 Å². The van der Waals surface area contributed by atoms with E-state index in [2.05, 4.69) is 20.8 Å². The van der Waals surface area contributed by atoms with E-state index in [1.807, 2.05) is 30.3 Å². The lowest BCUT2D eigenvalue weighted by atomic mass is 10.2. The summed E-state index contributed by atoms with van der Waals surface area (Å²) in [6.45, 7) is 0.327. The van der Waals surface area contributed by atoms with Crippen LogP contribution in [-0.4, -0.2) is 26.9 Å². The molecule has 0 aliphatic rings. The van der Waals surface area contributed by atoms with Gasteiger partial charge in [0, 0.05) is 12.2 Å². The van der Waals surface area contributed by atoms with Crippen LogP contribution in [0.15, 0.2) is 60.8 Å². The molecule has 0 saturated heterocycles. The van der Waals surface area contributed by atoms with E-state index in [0.29, 0.717) is 12.2 Å². The molecule has 3 aromatic rings. The van der Waals surface area contributed by atoms with Crippen LogP contribution in [0.3, 0.4) is 0 Å². The van der Waals surface area contributed by atoms with Gasteiger partial charge in [0.2, 0.25) is 0 Å². The second kappa shape index (κ2) is 7.26. The van der Waals surface area contributed by atoms with Crippen molar-refractivity contribution in [1.82, 2.24) is 20.3 Å². The Balaban J connectivity index is 1.59. The Morgan fingerprint density at radius 3 is 2.44 bits per heavy atom. The predicted molar refractivity (Wildman–Crippen MR) is 92.2 cm³/mol. The zero-order chi connectivity index (χ0) is 17.6. The number of carbonyl (C=O) groups is 2. The fourth-order valence-corrected chi connectivity index (χ4v) is 2.17. The van der Waals surface area contributed by atoms with Gasteiger partial charge in [-0.2, -0.15) is 9.90 Å². The molecule has 0 saturated carbocycles. The van der Waals surface area contributed by atoms with Crippen LogP contribution >= 0.6 is 0 Å². The number of hydrogen-bond donors (Lipinski definition) is 3. The maximum atomic E-state index is 12.2. The van der Waals surface area contributed by atoms with E-state index in [0.717, 1.165) is 11.3 Å². The van der Waals surface area contributed by atoms with Gasteiger partial charge in [0.1, 0.15) is 0 Å². The second-order valence-electron chi connectivity index (χ2n) is 5.22. The van der Waals surface area contributed by atoms with Crippen molar-refractivity contribution in [2.75, 3.05) is 5.32 Å². The largest absolute Gasteiger partial charge is 0.351 e. The molecular weight excluding hydrogens is 320 g/mol. The highest BCUT2D eigenvalue weighted by atomic mass is 16.2. The number of nitrogens with one attached hydrogen (secondary N) is 2. The minimum absolute atomic E-state index is 0.232. The summed E-state index contributed by atoms with van der Waals surface area (Å²) in [6, 6.07) is 15.7. The van der Waals surface area contributed by atoms with Crippen molar-refractivity contribution in [3.8, 4) is 5.69 Å². The first-order chi connectivity index (χ1) is 12.1. The number of anilines is 1. The lowest BCUT2D eigenvalue weighted by Gasteiger charge is -2.05. The number of carbonyl (C=O) groups excluding carboxylic acids is 2. The minimum Gasteiger partial charge on any atom is -0.351 e. The minimum atomic E-state index is -0.623. The molecule has 0 bridgehead atoms. The summed E-state index contributed by atoms with van der Waals surface area (Å²) < 4.78 is 0. The number of para-hydroxylation sites is 1. The number of aromatic nitrogens is 3. The summed E-state index contributed by atoms with van der Waals surface area (Å²) >= 11 is 0. The number of amides is 3. The molecule has 0 unspecified atom stereocenters. The van der Waals surface area contributed by atoms with Crippen molar-refractivity contribution < 1.29 is 9.59 Å². The van der Waals surface area contributed by atoms with Crippen LogP contribution in [0, 0.1) is 0 Å². The van der Waals surface area contributed by atoms with Gasteiger partial charge in [-0.15, -0.1) is 5.10 Å². The fraction of sp³-hybridized carbons (Fsp3) is 0.0588. The Bertz CT molecular complexity index is 874. The molecular formula is C17H16N6O2. The van der Waals surface area contributed by atoms with Crippen molar-refractivity contribution in [3.63, 3.8) is 0 Å². The maximum absolute atomic E-state index is 12.2. The highest BCUT2D eigenvalue weighted by Crippen LogP contribution is 2.09. The van der Waals surface area contributed by atoms with Crippen LogP contribution in [0.5, 0.6) is 0 Å². The number of nitrogens with two attached hydrogens (primary N) is 1. The summed E-state index contributed by atoms with van der Waals surface area (Å²) in [5, 5.41) is 13.5. The average Bonchev–Trinajstić information content (AvgIpc) is 3.11. The third kappa shape index (κ3) is 4.20. The molecule has 0 fully saturated rings. The standard InChI is InChI=1S/C17H16N6O2/c18-17(25)21-13-8-6-12(7-9-13)10-19-16(24)15-11-20-23(22-15)14-4-2-1-3-5-14/h1-9,11H,10H2,(H,19,24)(H3,18,21,25). The van der Waals surface area contributed by atoms with Gasteiger partial charge < -0.3 is 16.4 Å². The van der Waals surface area contributed by atoms with E-state index < -0.39 is 6.03 Å². The molecule has 2 aromatic carbocycles. The Kier molecular flexibility index (Phi) is 4.70. The van der Waals surface area contributed by atoms with E-state index >= 15 is 0 Å². The fourth-order valence-electron chi connectivity index (χ4n) is 2.17. The molecule has 4 N–H and O–H groups in total. The predicted octanol–water partition coefficient (Wildman–Crippen LogP) is 1.69. The Labute approximate surface area is 143 Å². The van der Waals surface area contributed by atoms with Gasteiger partial charge in [-0.3, -0.25) is 4.79 Å². The van der Waals surface area contributed by atoms with Crippen molar-refractivity contribution in [2.24, 2.45) is 5.73 Å². The molecule has 8 heteroatoms. The van der Waals surface area contributed by atoms with Crippen molar-refractivity contribution in [1.29, 1.82) is 0 Å². The van der Waals surface area contributed by atoms with Crippen LogP contribution in [0.1, 0.15) is 16.1 Å². The molecule has 0 radical (unpaired) electrons. The summed E-state index contributed by atoms with van der Waals surface area (Å²) in [5.74, 6) is -0.318. The van der Waals surface area contributed by atoms with Crippen LogP contribution < -0.4 is 16.4 Å². The number of hydrogen-bond acceptors (Lipinski definition) is 4. The first kappa shape index (κ1) is 16.2. The lowest BCUT2D eigenvalue weighted by Crippen LogP contribution is -2.23. The first-order valence-electron chi connectivity index (χ1n) is 7.53. The molecule has 0 atom stereocenters. The van der Waals surface area contributed by atoms with Crippen molar-refractivity contribution >= 4 is 17.6 Å². The number of benzene rings is 2. The maximum Gasteiger partial charge on any atom is 0.316 e. The van der Waals surface area contributed by atoms with Gasteiger partial charge in [0.15, 0.2) is 5.69 Å². The topological polar surface area (TPSA) is 115 Å². The number of nitrogens with zero attached hydrogens (tertiary/aromatic N) is 3. The molecule has 25 heavy (non-hydrogen) atoms. The van der Waals surface area contributed by atoms with E-state index in [-0.39, 0.29) is 11.6 Å². The van der Waals surface area contributed by atoms with E-state index in [1.165, 1.54) is 11.0 Å². The highest BCUT2D eigenvalue weighted by molar-refractivity contribution is 5.91. The summed E-state index contributed by atoms with van der Waals surface area (Å²) in [6.07, 6.45) is 1.42. The van der Waals surface area contributed by atoms with E-state index in [4.69, 9.17) is 5.73 Å². The highest BCUT2D eigenvalue weighted by Gasteiger charge is 2.11. The monoisotopic (exact) mass is 336 g/mol. The molecule has 3 amide bonds. The average molecular weight is 336 g/mol. The molecule has 0 aliphatic carbocycles. The Morgan fingerprint density at radius 1 is 1.04 bits per heavy atom. The number of primary amides is 1. The zero-order valence-electron chi connectivity index (χ0n) is 13.2. The van der Waals surface area contributed by atoms with Crippen LogP contribution in [0.2, 0.25) is 0 Å². The van der Waals surface area contributed by atoms with Gasteiger partial charge in [0.05, 0.1) is 11.9 Å². The molecule has 1 aromatic heterocycles. The van der Waals surface area contributed by atoms with E-state index in [9.17, 15) is 9.59 Å². The first-order valence-corrected chi connectivity index (χ1v) is 7.53. The third-order valence-electron chi connectivity index (χ3n) is 3.39. The number of rotatable bonds is 5. The van der Waals surface area contributed by atoms with Crippen LogP contribution in [-0.2, 0) is 6.54 Å². The summed E-state index contributed by atoms with van der Waals surface area (Å²) in [5.41, 5.74) is 7.52. The van der Waals surface area contributed by atoms with Gasteiger partial charge in [-0.25, -0.2) is 4.79 Å². The van der Waals surface area contributed by atoms with Crippen molar-refractivity contribution in [2.45, 2.75) is 6.54 Å². The van der Waals surface area contributed by atoms with Crippen molar-refractivity contribution in [3.05, 3.63) is 72.1 Å². The van der Waals surface area contributed by atoms with Crippen LogP contribution in [0.25, 0.3) is 5.69 Å². The summed E-state index contributed by atoms with van der Waals surface area (Å²) in [7, 11) is 0. The molecule has 0 aliphatic heterocycles. The molecule has 126 valence electrons. The van der Waals surface area contributed by atoms with Gasteiger partial charge >= 0.3 is 6.03 Å². The SMILES string of the molecule is NC(=O)Nc1ccc(CNC(=O)c2cnn(-c3ccccc3)n2)cc1. The Morgan fingerprint density at radius 2 is 1.76 bits per heavy atom. The van der Waals surface area contributed by atoms with Gasteiger partial charge in [0.25, 0.3) is 5.91 Å². The summed E-state index contributed by atoms with van der Waals surface area (Å²) in [4.78, 5) is 24.3. The van der Waals surface area contributed by atoms with E-state index in [1.54, 1.807) is 24.3 Å². The number of urea groups is 1. The second-order valence-corrected chi connectivity index (χ2v) is 5.22. The normalized spacial score (nSPS) is 10.2. The third-order valence-corrected chi connectivity index (χ3v) is 3.39. The zero-order valence-corrected chi connectivity index (χ0v) is 13.2. The molecule has 8 nitrogen and oxygen atoms in total. The quantitative estimate of drug-likeness (QED) is 0.657. The molecule has 1 heterocycles. The van der Waals surface area contributed by atoms with Gasteiger partial charge in [-0.05, 0) is 29.8 Å². The lowest BCUT2D eigenvalue weighted by molar-refractivity contribution is 0.0945. The van der Waals surface area contributed by atoms with Gasteiger partial charge in [-0.1, -0.05) is 30.3 Å². The Hall–Kier alpha value is -3.68.